The van der Waals surface area contributed by atoms with Crippen molar-refractivity contribution in [1.82, 2.24) is 4.90 Å². The van der Waals surface area contributed by atoms with Gasteiger partial charge in [-0.05, 0) is 43.0 Å². The molecule has 1 unspecified atom stereocenters. The summed E-state index contributed by atoms with van der Waals surface area (Å²) in [4.78, 5) is 2.38. The smallest absolute Gasteiger partial charge is 0.123 e. The van der Waals surface area contributed by atoms with Gasteiger partial charge in [-0.25, -0.2) is 4.39 Å². The molecule has 3 nitrogen and oxygen atoms in total. The van der Waals surface area contributed by atoms with Crippen LogP contribution < -0.4 is 5.73 Å². The van der Waals surface area contributed by atoms with Crippen molar-refractivity contribution in [2.75, 3.05) is 26.7 Å². The van der Waals surface area contributed by atoms with E-state index in [1.54, 1.807) is 13.2 Å². The molecule has 1 aliphatic heterocycles. The summed E-state index contributed by atoms with van der Waals surface area (Å²) in [5, 5.41) is 0. The average molecular weight is 266 g/mol. The van der Waals surface area contributed by atoms with Crippen LogP contribution in [-0.2, 0) is 4.74 Å². The maximum atomic E-state index is 13.2. The van der Waals surface area contributed by atoms with Crippen LogP contribution in [0.25, 0.3) is 0 Å². The van der Waals surface area contributed by atoms with Gasteiger partial charge in [0.2, 0.25) is 0 Å². The number of methoxy groups -OCH3 is 1. The number of nitrogens with two attached hydrogens (primary N) is 1. The molecule has 0 amide bonds. The number of ether oxygens (including phenoxy) is 1. The van der Waals surface area contributed by atoms with Crippen LogP contribution in [-0.4, -0.2) is 37.7 Å². The van der Waals surface area contributed by atoms with E-state index in [-0.39, 0.29) is 11.9 Å². The fraction of sp³-hybridized carbons (Fsp3) is 0.600. The number of aryl methyl sites for hydroxylation is 1. The number of benzene rings is 1. The van der Waals surface area contributed by atoms with Gasteiger partial charge < -0.3 is 10.5 Å². The highest BCUT2D eigenvalue weighted by Crippen LogP contribution is 2.27. The normalized spacial score (nSPS) is 19.6. The monoisotopic (exact) mass is 266 g/mol. The minimum atomic E-state index is -0.185. The highest BCUT2D eigenvalue weighted by atomic mass is 19.1. The maximum absolute atomic E-state index is 13.2. The van der Waals surface area contributed by atoms with E-state index in [9.17, 15) is 4.39 Å². The van der Waals surface area contributed by atoms with E-state index in [1.165, 1.54) is 6.07 Å². The predicted octanol–water partition coefficient (Wildman–Crippen LogP) is 2.24. The molecule has 0 radical (unpaired) electrons. The van der Waals surface area contributed by atoms with Gasteiger partial charge in [-0.1, -0.05) is 6.07 Å². The van der Waals surface area contributed by atoms with E-state index in [0.29, 0.717) is 12.6 Å². The van der Waals surface area contributed by atoms with Gasteiger partial charge in [0, 0.05) is 32.8 Å². The molecule has 106 valence electrons. The highest BCUT2D eigenvalue weighted by Gasteiger charge is 2.26. The number of hydrogen-bond donors (Lipinski definition) is 1. The summed E-state index contributed by atoms with van der Waals surface area (Å²) in [5.41, 5.74) is 8.06. The van der Waals surface area contributed by atoms with Gasteiger partial charge in [0.25, 0.3) is 0 Å². The van der Waals surface area contributed by atoms with Crippen molar-refractivity contribution in [3.05, 3.63) is 35.1 Å². The molecule has 1 aromatic carbocycles. The minimum absolute atomic E-state index is 0.179. The second-order valence-corrected chi connectivity index (χ2v) is 5.22. The zero-order valence-electron chi connectivity index (χ0n) is 11.7. The van der Waals surface area contributed by atoms with Crippen LogP contribution in [0.4, 0.5) is 4.39 Å². The molecule has 0 aliphatic carbocycles. The number of nitrogens with zero attached hydrogens (tertiary/aromatic N) is 1. The molecule has 1 saturated heterocycles. The first kappa shape index (κ1) is 14.4. The van der Waals surface area contributed by atoms with Gasteiger partial charge in [-0.15, -0.1) is 0 Å². The van der Waals surface area contributed by atoms with Crippen LogP contribution in [0.2, 0.25) is 0 Å². The summed E-state index contributed by atoms with van der Waals surface area (Å²) < 4.78 is 18.6. The Morgan fingerprint density at radius 1 is 1.42 bits per heavy atom. The van der Waals surface area contributed by atoms with Crippen LogP contribution in [0.15, 0.2) is 18.2 Å². The summed E-state index contributed by atoms with van der Waals surface area (Å²) >= 11 is 0. The van der Waals surface area contributed by atoms with Gasteiger partial charge in [0.15, 0.2) is 0 Å². The second-order valence-electron chi connectivity index (χ2n) is 5.22. The molecule has 1 heterocycles. The van der Waals surface area contributed by atoms with E-state index in [1.807, 2.05) is 13.0 Å². The van der Waals surface area contributed by atoms with Crippen LogP contribution >= 0.6 is 0 Å². The topological polar surface area (TPSA) is 38.5 Å². The van der Waals surface area contributed by atoms with Gasteiger partial charge in [0.1, 0.15) is 5.82 Å². The minimum Gasteiger partial charge on any atom is -0.381 e. The van der Waals surface area contributed by atoms with Crippen molar-refractivity contribution in [3.63, 3.8) is 0 Å². The Bertz CT molecular complexity index is 417. The van der Waals surface area contributed by atoms with Crippen LogP contribution in [0.1, 0.15) is 30.0 Å². The molecule has 0 saturated carbocycles. The fourth-order valence-corrected chi connectivity index (χ4v) is 2.91. The highest BCUT2D eigenvalue weighted by molar-refractivity contribution is 5.30. The molecule has 1 fully saturated rings. The summed E-state index contributed by atoms with van der Waals surface area (Å²) in [7, 11) is 1.77. The molecule has 1 aromatic rings. The lowest BCUT2D eigenvalue weighted by Gasteiger charge is -2.37. The fourth-order valence-electron chi connectivity index (χ4n) is 2.91. The first-order valence-corrected chi connectivity index (χ1v) is 6.88. The molecule has 4 heteroatoms. The number of hydrogen-bond acceptors (Lipinski definition) is 3. The third-order valence-corrected chi connectivity index (χ3v) is 4.06. The molecular formula is C15H23FN2O. The first-order valence-electron chi connectivity index (χ1n) is 6.88. The zero-order chi connectivity index (χ0) is 13.8. The van der Waals surface area contributed by atoms with Crippen molar-refractivity contribution < 1.29 is 9.13 Å². The van der Waals surface area contributed by atoms with E-state index in [0.717, 1.165) is 37.1 Å². The van der Waals surface area contributed by atoms with Crippen LogP contribution in [0, 0.1) is 12.7 Å². The van der Waals surface area contributed by atoms with E-state index < -0.39 is 0 Å². The molecule has 0 bridgehead atoms. The Labute approximate surface area is 114 Å². The number of rotatable bonds is 4. The lowest BCUT2D eigenvalue weighted by Crippen LogP contribution is -2.41. The second kappa shape index (κ2) is 6.46. The van der Waals surface area contributed by atoms with Crippen LogP contribution in [0.5, 0.6) is 0 Å². The van der Waals surface area contributed by atoms with Gasteiger partial charge in [-0.3, -0.25) is 4.90 Å². The lowest BCUT2D eigenvalue weighted by atomic mass is 9.97. The summed E-state index contributed by atoms with van der Waals surface area (Å²) in [6.45, 7) is 4.47. The Hall–Kier alpha value is -0.970. The van der Waals surface area contributed by atoms with Crippen molar-refractivity contribution in [2.45, 2.75) is 31.9 Å². The quantitative estimate of drug-likeness (QED) is 0.908. The number of likely N-dealkylation sites (tertiary alicyclic amines) is 1. The van der Waals surface area contributed by atoms with Crippen molar-refractivity contribution in [1.29, 1.82) is 0 Å². The molecular weight excluding hydrogens is 243 g/mol. The number of piperidine rings is 1. The largest absolute Gasteiger partial charge is 0.381 e. The molecule has 1 aliphatic rings. The Morgan fingerprint density at radius 3 is 2.63 bits per heavy atom. The average Bonchev–Trinajstić information content (AvgIpc) is 2.42. The van der Waals surface area contributed by atoms with E-state index in [2.05, 4.69) is 4.90 Å². The van der Waals surface area contributed by atoms with Crippen LogP contribution in [0.3, 0.4) is 0 Å². The SMILES string of the molecule is COC1CCN(C(CN)c2ccc(F)cc2C)CC1. The third kappa shape index (κ3) is 3.32. The van der Waals surface area contributed by atoms with Crippen molar-refractivity contribution >= 4 is 0 Å². The Morgan fingerprint density at radius 2 is 2.11 bits per heavy atom. The van der Waals surface area contributed by atoms with E-state index >= 15 is 0 Å². The third-order valence-electron chi connectivity index (χ3n) is 4.06. The van der Waals surface area contributed by atoms with Gasteiger partial charge >= 0.3 is 0 Å². The van der Waals surface area contributed by atoms with E-state index in [4.69, 9.17) is 10.5 Å². The molecule has 1 atom stereocenters. The first-order chi connectivity index (χ1) is 9.15. The summed E-state index contributed by atoms with van der Waals surface area (Å²) in [5.74, 6) is -0.185. The zero-order valence-corrected chi connectivity index (χ0v) is 11.7. The molecule has 0 spiro atoms. The lowest BCUT2D eigenvalue weighted by molar-refractivity contribution is 0.0279. The molecule has 2 rings (SSSR count). The van der Waals surface area contributed by atoms with Gasteiger partial charge in [-0.2, -0.15) is 0 Å². The van der Waals surface area contributed by atoms with Gasteiger partial charge in [0.05, 0.1) is 6.10 Å². The Balaban J connectivity index is 2.12. The summed E-state index contributed by atoms with van der Waals surface area (Å²) in [6, 6.07) is 5.15. The molecule has 0 aromatic heterocycles. The van der Waals surface area contributed by atoms with Crippen molar-refractivity contribution in [2.24, 2.45) is 5.73 Å². The molecule has 19 heavy (non-hydrogen) atoms. The Kier molecular flexibility index (Phi) is 4.91. The number of halogens is 1. The molecule has 2 N–H and O–H groups in total. The van der Waals surface area contributed by atoms with Crippen molar-refractivity contribution in [3.8, 4) is 0 Å². The maximum Gasteiger partial charge on any atom is 0.123 e. The summed E-state index contributed by atoms with van der Waals surface area (Å²) in [6.07, 6.45) is 2.43. The standard InChI is InChI=1S/C15H23FN2O/c1-11-9-12(16)3-4-14(11)15(10-17)18-7-5-13(19-2)6-8-18/h3-4,9,13,15H,5-8,10,17H2,1-2H3. The predicted molar refractivity (Wildman–Crippen MR) is 74.5 cm³/mol.